The van der Waals surface area contributed by atoms with Crippen molar-refractivity contribution >= 4 is 15.7 Å². The van der Waals surface area contributed by atoms with Crippen molar-refractivity contribution in [1.82, 2.24) is 4.98 Å². The van der Waals surface area contributed by atoms with Crippen molar-refractivity contribution in [3.05, 3.63) is 96.1 Å². The molecule has 1 atom stereocenters. The van der Waals surface area contributed by atoms with Gasteiger partial charge in [-0.25, -0.2) is 8.42 Å². The third-order valence-electron chi connectivity index (χ3n) is 4.85. The average molecular weight is 419 g/mol. The number of oxazole rings is 1. The van der Waals surface area contributed by atoms with Crippen LogP contribution in [0, 0.1) is 6.92 Å². The Hall–Kier alpha value is -3.38. The Balaban J connectivity index is 1.80. The predicted octanol–water partition coefficient (Wildman–Crippen LogP) is 5.66. The van der Waals surface area contributed by atoms with E-state index in [2.05, 4.69) is 10.3 Å². The molecule has 0 saturated carbocycles. The number of nitrogens with zero attached hydrogens (tertiary/aromatic N) is 1. The van der Waals surface area contributed by atoms with Crippen LogP contribution in [0.5, 0.6) is 0 Å². The van der Waals surface area contributed by atoms with Crippen molar-refractivity contribution < 1.29 is 12.8 Å². The van der Waals surface area contributed by atoms with Crippen LogP contribution in [-0.4, -0.2) is 13.4 Å². The summed E-state index contributed by atoms with van der Waals surface area (Å²) in [5.74, 6) is 0.387. The lowest BCUT2D eigenvalue weighted by Crippen LogP contribution is -2.10. The molecule has 5 nitrogen and oxygen atoms in total. The van der Waals surface area contributed by atoms with E-state index in [1.54, 1.807) is 30.3 Å². The fourth-order valence-electron chi connectivity index (χ4n) is 3.13. The zero-order valence-electron chi connectivity index (χ0n) is 16.7. The van der Waals surface area contributed by atoms with Gasteiger partial charge in [0.2, 0.25) is 26.6 Å². The van der Waals surface area contributed by atoms with E-state index in [4.69, 9.17) is 4.42 Å². The van der Waals surface area contributed by atoms with Crippen LogP contribution in [0.4, 0.5) is 5.88 Å². The van der Waals surface area contributed by atoms with Gasteiger partial charge in [-0.2, -0.15) is 4.98 Å². The van der Waals surface area contributed by atoms with E-state index in [-0.39, 0.29) is 27.7 Å². The van der Waals surface area contributed by atoms with E-state index < -0.39 is 9.84 Å². The maximum atomic E-state index is 13.3. The molecule has 0 aliphatic carbocycles. The lowest BCUT2D eigenvalue weighted by molar-refractivity contribution is 0.570. The van der Waals surface area contributed by atoms with E-state index in [1.807, 2.05) is 68.4 Å². The third-order valence-corrected chi connectivity index (χ3v) is 6.53. The first-order chi connectivity index (χ1) is 14.4. The van der Waals surface area contributed by atoms with Crippen LogP contribution in [-0.2, 0) is 9.84 Å². The highest BCUT2D eigenvalue weighted by atomic mass is 32.2. The number of benzene rings is 3. The highest BCUT2D eigenvalue weighted by Gasteiger charge is 2.29. The summed E-state index contributed by atoms with van der Waals surface area (Å²) in [6.45, 7) is 3.93. The Morgan fingerprint density at radius 3 is 2.10 bits per heavy atom. The van der Waals surface area contributed by atoms with Crippen LogP contribution in [0.2, 0.25) is 0 Å². The van der Waals surface area contributed by atoms with Crippen molar-refractivity contribution in [3.63, 3.8) is 0 Å². The fourth-order valence-corrected chi connectivity index (χ4v) is 4.42. The van der Waals surface area contributed by atoms with Crippen molar-refractivity contribution in [3.8, 4) is 11.5 Å². The number of aryl methyl sites for hydroxylation is 1. The number of nitrogens with one attached hydrogen (secondary N) is 1. The van der Waals surface area contributed by atoms with Gasteiger partial charge in [-0.15, -0.1) is 0 Å². The number of anilines is 1. The second-order valence-electron chi connectivity index (χ2n) is 7.11. The van der Waals surface area contributed by atoms with E-state index in [9.17, 15) is 8.42 Å². The molecule has 4 rings (SSSR count). The summed E-state index contributed by atoms with van der Waals surface area (Å²) in [5, 5.41) is 3.08. The summed E-state index contributed by atoms with van der Waals surface area (Å²) in [6, 6.07) is 25.4. The molecule has 0 radical (unpaired) electrons. The molecular formula is C24H22N2O3S. The first-order valence-electron chi connectivity index (χ1n) is 9.64. The summed E-state index contributed by atoms with van der Waals surface area (Å²) in [6.07, 6.45) is 0. The van der Waals surface area contributed by atoms with Crippen LogP contribution in [0.15, 0.2) is 99.3 Å². The molecule has 0 bridgehead atoms. The number of aromatic nitrogens is 1. The molecule has 1 aromatic heterocycles. The molecule has 0 spiro atoms. The highest BCUT2D eigenvalue weighted by Crippen LogP contribution is 2.34. The van der Waals surface area contributed by atoms with Gasteiger partial charge in [0.15, 0.2) is 0 Å². The number of sulfone groups is 1. The second-order valence-corrected chi connectivity index (χ2v) is 8.98. The minimum Gasteiger partial charge on any atom is -0.419 e. The zero-order valence-corrected chi connectivity index (χ0v) is 17.6. The SMILES string of the molecule is Cc1ccc(-c2nc(S(=O)(=O)c3ccccc3)c(NC(C)c3ccccc3)o2)cc1. The lowest BCUT2D eigenvalue weighted by atomic mass is 10.1. The molecule has 0 fully saturated rings. The predicted molar refractivity (Wildman–Crippen MR) is 117 cm³/mol. The van der Waals surface area contributed by atoms with Gasteiger partial charge in [0, 0.05) is 5.56 Å². The highest BCUT2D eigenvalue weighted by molar-refractivity contribution is 7.91. The van der Waals surface area contributed by atoms with Crippen LogP contribution in [0.25, 0.3) is 11.5 Å². The van der Waals surface area contributed by atoms with E-state index in [0.29, 0.717) is 5.56 Å². The van der Waals surface area contributed by atoms with Crippen molar-refractivity contribution in [2.45, 2.75) is 29.8 Å². The Morgan fingerprint density at radius 1 is 0.867 bits per heavy atom. The zero-order chi connectivity index (χ0) is 21.1. The second kappa shape index (κ2) is 8.16. The quantitative estimate of drug-likeness (QED) is 0.438. The average Bonchev–Trinajstić information content (AvgIpc) is 3.20. The molecule has 0 saturated heterocycles. The summed E-state index contributed by atoms with van der Waals surface area (Å²) < 4.78 is 32.6. The van der Waals surface area contributed by atoms with Gasteiger partial charge in [-0.1, -0.05) is 66.2 Å². The molecule has 1 N–H and O–H groups in total. The van der Waals surface area contributed by atoms with Crippen LogP contribution >= 0.6 is 0 Å². The van der Waals surface area contributed by atoms with Gasteiger partial charge in [0.25, 0.3) is 0 Å². The molecule has 1 unspecified atom stereocenters. The lowest BCUT2D eigenvalue weighted by Gasteiger charge is -2.14. The topological polar surface area (TPSA) is 72.2 Å². The largest absolute Gasteiger partial charge is 0.419 e. The smallest absolute Gasteiger partial charge is 0.234 e. The fraction of sp³-hybridized carbons (Fsp3) is 0.125. The third kappa shape index (κ3) is 4.00. The van der Waals surface area contributed by atoms with Crippen molar-refractivity contribution in [2.24, 2.45) is 0 Å². The Bertz CT molecular complexity index is 1230. The van der Waals surface area contributed by atoms with E-state index in [1.165, 1.54) is 0 Å². The number of hydrogen-bond acceptors (Lipinski definition) is 5. The van der Waals surface area contributed by atoms with Gasteiger partial charge in [-0.05, 0) is 43.7 Å². The van der Waals surface area contributed by atoms with Crippen LogP contribution < -0.4 is 5.32 Å². The molecule has 0 amide bonds. The molecule has 30 heavy (non-hydrogen) atoms. The Kier molecular flexibility index (Phi) is 5.42. The van der Waals surface area contributed by atoms with Gasteiger partial charge < -0.3 is 9.73 Å². The van der Waals surface area contributed by atoms with Gasteiger partial charge in [0.1, 0.15) is 0 Å². The van der Waals surface area contributed by atoms with E-state index >= 15 is 0 Å². The molecule has 4 aromatic rings. The van der Waals surface area contributed by atoms with Crippen molar-refractivity contribution in [2.75, 3.05) is 5.32 Å². The summed E-state index contributed by atoms with van der Waals surface area (Å²) in [4.78, 5) is 4.56. The van der Waals surface area contributed by atoms with Gasteiger partial charge in [-0.3, -0.25) is 0 Å². The molecule has 3 aromatic carbocycles. The van der Waals surface area contributed by atoms with Crippen LogP contribution in [0.3, 0.4) is 0 Å². The van der Waals surface area contributed by atoms with Crippen molar-refractivity contribution in [1.29, 1.82) is 0 Å². The Morgan fingerprint density at radius 2 is 1.47 bits per heavy atom. The van der Waals surface area contributed by atoms with Gasteiger partial charge in [0.05, 0.1) is 10.9 Å². The standard InChI is InChI=1S/C24H22N2O3S/c1-17-13-15-20(16-14-17)22-26-24(30(27,28)21-11-7-4-8-12-21)23(29-22)25-18(2)19-9-5-3-6-10-19/h3-16,18,25H,1-2H3. The van der Waals surface area contributed by atoms with Gasteiger partial charge >= 0.3 is 0 Å². The summed E-state index contributed by atoms with van der Waals surface area (Å²) >= 11 is 0. The summed E-state index contributed by atoms with van der Waals surface area (Å²) in [5.41, 5.74) is 2.82. The van der Waals surface area contributed by atoms with E-state index in [0.717, 1.165) is 11.1 Å². The number of rotatable bonds is 6. The minimum atomic E-state index is -3.86. The molecule has 1 heterocycles. The number of hydrogen-bond donors (Lipinski definition) is 1. The molecule has 0 aliphatic heterocycles. The maximum absolute atomic E-state index is 13.3. The monoisotopic (exact) mass is 418 g/mol. The minimum absolute atomic E-state index is 0.118. The van der Waals surface area contributed by atoms with Crippen LogP contribution in [0.1, 0.15) is 24.1 Å². The first kappa shape index (κ1) is 19.9. The normalized spacial score (nSPS) is 12.5. The maximum Gasteiger partial charge on any atom is 0.234 e. The first-order valence-corrected chi connectivity index (χ1v) is 11.1. The molecule has 0 aliphatic rings. The Labute approximate surface area is 176 Å². The molecule has 6 heteroatoms. The molecule has 152 valence electrons. The summed E-state index contributed by atoms with van der Waals surface area (Å²) in [7, 11) is -3.86. The molecular weight excluding hydrogens is 396 g/mol.